The van der Waals surface area contributed by atoms with Gasteiger partial charge in [-0.15, -0.1) is 0 Å². The minimum Gasteiger partial charge on any atom is -0.379 e. The molecule has 1 atom stereocenters. The normalized spacial score (nSPS) is 17.6. The Kier molecular flexibility index (Phi) is 7.93. The minimum absolute atomic E-state index is 0.134. The molecule has 1 saturated heterocycles. The van der Waals surface area contributed by atoms with E-state index in [9.17, 15) is 4.39 Å². The first-order chi connectivity index (χ1) is 12.0. The highest BCUT2D eigenvalue weighted by Gasteiger charge is 2.23. The van der Waals surface area contributed by atoms with Crippen molar-refractivity contribution >= 4 is 17.6 Å². The van der Waals surface area contributed by atoms with E-state index in [1.807, 2.05) is 0 Å². The predicted octanol–water partition coefficient (Wildman–Crippen LogP) is 2.50. The number of nitrogens with one attached hydrogen (secondary N) is 2. The van der Waals surface area contributed by atoms with Crippen LogP contribution in [-0.2, 0) is 11.3 Å². The zero-order valence-corrected chi connectivity index (χ0v) is 15.9. The lowest BCUT2D eigenvalue weighted by molar-refractivity contribution is 0.00752. The molecule has 2 rings (SSSR count). The Hall–Kier alpha value is -1.37. The number of rotatable bonds is 6. The van der Waals surface area contributed by atoms with Gasteiger partial charge in [0.2, 0.25) is 0 Å². The van der Waals surface area contributed by atoms with Crippen LogP contribution in [-0.4, -0.2) is 56.8 Å². The van der Waals surface area contributed by atoms with Gasteiger partial charge in [0.1, 0.15) is 5.82 Å². The maximum absolute atomic E-state index is 13.2. The van der Waals surface area contributed by atoms with E-state index in [2.05, 4.69) is 34.4 Å². The lowest BCUT2D eigenvalue weighted by atomic mass is 10.0. The molecule has 140 valence electrons. The van der Waals surface area contributed by atoms with Crippen molar-refractivity contribution in [1.82, 2.24) is 15.5 Å². The summed E-state index contributed by atoms with van der Waals surface area (Å²) in [5, 5.41) is 6.77. The van der Waals surface area contributed by atoms with Crippen LogP contribution in [0.1, 0.15) is 19.4 Å². The monoisotopic (exact) mass is 370 g/mol. The molecule has 1 aliphatic heterocycles. The maximum atomic E-state index is 13.2. The molecule has 1 unspecified atom stereocenters. The molecule has 1 aliphatic rings. The fourth-order valence-corrected chi connectivity index (χ4v) is 3.16. The largest absolute Gasteiger partial charge is 0.379 e. The van der Waals surface area contributed by atoms with Crippen molar-refractivity contribution in [3.8, 4) is 0 Å². The van der Waals surface area contributed by atoms with E-state index in [0.29, 0.717) is 18.5 Å². The Labute approximate surface area is 154 Å². The predicted molar refractivity (Wildman–Crippen MR) is 101 cm³/mol. The molecule has 1 heterocycles. The molecule has 0 bridgehead atoms. The molecule has 1 fully saturated rings. The van der Waals surface area contributed by atoms with E-state index in [-0.39, 0.29) is 5.02 Å². The average Bonchev–Trinajstić information content (AvgIpc) is 2.61. The standard InChI is InChI=1S/C18H28ClFN4O/c1-13(2)17(24-6-8-25-9-7-24)12-23-18(21-3)22-11-14-4-5-16(20)15(19)10-14/h4-5,10,13,17H,6-9,11-12H2,1-3H3,(H2,21,22,23). The maximum Gasteiger partial charge on any atom is 0.191 e. The van der Waals surface area contributed by atoms with E-state index in [4.69, 9.17) is 16.3 Å². The van der Waals surface area contributed by atoms with Gasteiger partial charge in [-0.05, 0) is 23.6 Å². The second-order valence-electron chi connectivity index (χ2n) is 6.51. The third kappa shape index (κ3) is 6.13. The van der Waals surface area contributed by atoms with Gasteiger partial charge in [-0.1, -0.05) is 31.5 Å². The zero-order valence-electron chi connectivity index (χ0n) is 15.2. The molecule has 0 aliphatic carbocycles. The number of benzene rings is 1. The van der Waals surface area contributed by atoms with Gasteiger partial charge in [0, 0.05) is 39.3 Å². The van der Waals surface area contributed by atoms with Gasteiger partial charge in [-0.3, -0.25) is 9.89 Å². The quantitative estimate of drug-likeness (QED) is 0.596. The number of halogens is 2. The van der Waals surface area contributed by atoms with Crippen molar-refractivity contribution < 1.29 is 9.13 Å². The molecule has 5 nitrogen and oxygen atoms in total. The average molecular weight is 371 g/mol. The highest BCUT2D eigenvalue weighted by Crippen LogP contribution is 2.16. The summed E-state index contributed by atoms with van der Waals surface area (Å²) in [6.07, 6.45) is 0. The first kappa shape index (κ1) is 19.9. The van der Waals surface area contributed by atoms with Crippen molar-refractivity contribution in [2.24, 2.45) is 10.9 Å². The second kappa shape index (κ2) is 9.94. The van der Waals surface area contributed by atoms with E-state index in [0.717, 1.165) is 44.4 Å². The molecule has 0 aromatic heterocycles. The Morgan fingerprint density at radius 3 is 2.64 bits per heavy atom. The number of nitrogens with zero attached hydrogens (tertiary/aromatic N) is 2. The number of aliphatic imine (C=N–C) groups is 1. The number of hydrogen-bond acceptors (Lipinski definition) is 3. The first-order valence-electron chi connectivity index (χ1n) is 8.71. The summed E-state index contributed by atoms with van der Waals surface area (Å²) in [4.78, 5) is 6.73. The van der Waals surface area contributed by atoms with Gasteiger partial charge in [-0.25, -0.2) is 4.39 Å². The van der Waals surface area contributed by atoms with Crippen molar-refractivity contribution in [3.05, 3.63) is 34.6 Å². The zero-order chi connectivity index (χ0) is 18.2. The molecule has 0 amide bonds. The van der Waals surface area contributed by atoms with Gasteiger partial charge in [0.25, 0.3) is 0 Å². The van der Waals surface area contributed by atoms with Gasteiger partial charge in [0.05, 0.1) is 18.2 Å². The molecule has 7 heteroatoms. The van der Waals surface area contributed by atoms with Gasteiger partial charge in [0.15, 0.2) is 5.96 Å². The molecule has 0 spiro atoms. The molecule has 2 N–H and O–H groups in total. The number of guanidine groups is 1. The molecule has 1 aromatic rings. The van der Waals surface area contributed by atoms with Crippen molar-refractivity contribution in [2.45, 2.75) is 26.4 Å². The molecule has 0 radical (unpaired) electrons. The van der Waals surface area contributed by atoms with Crippen molar-refractivity contribution in [2.75, 3.05) is 39.9 Å². The fourth-order valence-electron chi connectivity index (χ4n) is 2.95. The number of hydrogen-bond donors (Lipinski definition) is 2. The van der Waals surface area contributed by atoms with Crippen LogP contribution in [0.3, 0.4) is 0 Å². The number of ether oxygens (including phenoxy) is 1. The smallest absolute Gasteiger partial charge is 0.191 e. The summed E-state index contributed by atoms with van der Waals surface area (Å²) in [7, 11) is 1.74. The van der Waals surface area contributed by atoms with Crippen LogP contribution in [0.25, 0.3) is 0 Å². The topological polar surface area (TPSA) is 48.9 Å². The van der Waals surface area contributed by atoms with Crippen LogP contribution < -0.4 is 10.6 Å². The van der Waals surface area contributed by atoms with E-state index >= 15 is 0 Å². The van der Waals surface area contributed by atoms with Crippen LogP contribution >= 0.6 is 11.6 Å². The van der Waals surface area contributed by atoms with Gasteiger partial charge >= 0.3 is 0 Å². The third-order valence-electron chi connectivity index (χ3n) is 4.43. The lowest BCUT2D eigenvalue weighted by Crippen LogP contribution is -2.52. The van der Waals surface area contributed by atoms with Gasteiger partial charge < -0.3 is 15.4 Å². The Morgan fingerprint density at radius 1 is 1.32 bits per heavy atom. The van der Waals surface area contributed by atoms with E-state index < -0.39 is 5.82 Å². The molecule has 0 saturated carbocycles. The van der Waals surface area contributed by atoms with E-state index in [1.165, 1.54) is 6.07 Å². The summed E-state index contributed by atoms with van der Waals surface area (Å²) in [5.41, 5.74) is 0.905. The van der Waals surface area contributed by atoms with Gasteiger partial charge in [-0.2, -0.15) is 0 Å². The SMILES string of the molecule is CN=C(NCc1ccc(F)c(Cl)c1)NCC(C(C)C)N1CCOCC1. The highest BCUT2D eigenvalue weighted by atomic mass is 35.5. The lowest BCUT2D eigenvalue weighted by Gasteiger charge is -2.37. The van der Waals surface area contributed by atoms with Crippen molar-refractivity contribution in [1.29, 1.82) is 0 Å². The number of morpholine rings is 1. The molecule has 1 aromatic carbocycles. The van der Waals surface area contributed by atoms with Crippen LogP contribution in [0.4, 0.5) is 4.39 Å². The third-order valence-corrected chi connectivity index (χ3v) is 4.72. The molecular weight excluding hydrogens is 343 g/mol. The van der Waals surface area contributed by atoms with Crippen LogP contribution in [0.5, 0.6) is 0 Å². The van der Waals surface area contributed by atoms with E-state index in [1.54, 1.807) is 19.2 Å². The molecular formula is C18H28ClFN4O. The van der Waals surface area contributed by atoms with Crippen LogP contribution in [0.15, 0.2) is 23.2 Å². The van der Waals surface area contributed by atoms with Crippen LogP contribution in [0.2, 0.25) is 5.02 Å². The summed E-state index contributed by atoms with van der Waals surface area (Å²) < 4.78 is 18.7. The highest BCUT2D eigenvalue weighted by molar-refractivity contribution is 6.30. The fraction of sp³-hybridized carbons (Fsp3) is 0.611. The Bertz CT molecular complexity index is 576. The minimum atomic E-state index is -0.404. The summed E-state index contributed by atoms with van der Waals surface area (Å²) in [6, 6.07) is 5.14. The Morgan fingerprint density at radius 2 is 2.04 bits per heavy atom. The first-order valence-corrected chi connectivity index (χ1v) is 9.09. The van der Waals surface area contributed by atoms with Crippen molar-refractivity contribution in [3.63, 3.8) is 0 Å². The summed E-state index contributed by atoms with van der Waals surface area (Å²) in [6.45, 7) is 9.32. The molecule has 25 heavy (non-hydrogen) atoms. The van der Waals surface area contributed by atoms with Crippen LogP contribution in [0, 0.1) is 11.7 Å². The second-order valence-corrected chi connectivity index (χ2v) is 6.92. The summed E-state index contributed by atoms with van der Waals surface area (Å²) in [5.74, 6) is 0.845. The summed E-state index contributed by atoms with van der Waals surface area (Å²) >= 11 is 5.82. The Balaban J connectivity index is 1.86.